The average molecular weight is 474 g/mol. The Balaban J connectivity index is 1.78. The zero-order valence-corrected chi connectivity index (χ0v) is 19.1. The van der Waals surface area contributed by atoms with E-state index in [9.17, 15) is 22.0 Å². The van der Waals surface area contributed by atoms with Crippen LogP contribution in [0.1, 0.15) is 15.9 Å². The third-order valence-corrected chi connectivity index (χ3v) is 6.32. The molecule has 1 N–H and O–H groups in total. The Morgan fingerprint density at radius 1 is 0.909 bits per heavy atom. The van der Waals surface area contributed by atoms with Crippen molar-refractivity contribution in [3.63, 3.8) is 0 Å². The molecule has 0 radical (unpaired) electrons. The summed E-state index contributed by atoms with van der Waals surface area (Å²) in [4.78, 5) is 16.6. The number of sulfonamides is 1. The molecule has 1 amide bonds. The average Bonchev–Trinajstić information content (AvgIpc) is 2.78. The van der Waals surface area contributed by atoms with E-state index in [1.165, 1.54) is 47.4 Å². The van der Waals surface area contributed by atoms with Gasteiger partial charge in [0.15, 0.2) is 0 Å². The second-order valence-electron chi connectivity index (χ2n) is 7.76. The van der Waals surface area contributed by atoms with Gasteiger partial charge in [0.05, 0.1) is 4.90 Å². The summed E-state index contributed by atoms with van der Waals surface area (Å²) in [6.07, 6.45) is 0. The lowest BCUT2D eigenvalue weighted by atomic mass is 10.1. The molecular weight excluding hydrogens is 448 g/mol. The first-order chi connectivity index (χ1) is 15.7. The van der Waals surface area contributed by atoms with Crippen molar-refractivity contribution >= 4 is 21.6 Å². The first-order valence-electron chi connectivity index (χ1n) is 10.2. The maximum atomic E-state index is 14.2. The standard InChI is InChI=1S/C24H25F2N3O3S/c1-28(2)14-15-29(17-19-8-11-20(25)16-23(19)26)24(30)18-9-12-21(13-10-18)27-33(31,32)22-6-4-3-5-7-22/h3-13,16,27H,14-15,17H2,1-2H3. The molecule has 9 heteroatoms. The zero-order chi connectivity index (χ0) is 24.0. The van der Waals surface area contributed by atoms with E-state index >= 15 is 0 Å². The molecule has 6 nitrogen and oxygen atoms in total. The van der Waals surface area contributed by atoms with Crippen LogP contribution in [0.15, 0.2) is 77.7 Å². The third-order valence-electron chi connectivity index (χ3n) is 4.92. The molecule has 0 aliphatic rings. The molecule has 3 aromatic rings. The van der Waals surface area contributed by atoms with Gasteiger partial charge in [-0.25, -0.2) is 17.2 Å². The van der Waals surface area contributed by atoms with Crippen molar-refractivity contribution in [2.45, 2.75) is 11.4 Å². The van der Waals surface area contributed by atoms with E-state index in [0.29, 0.717) is 24.3 Å². The number of carbonyl (C=O) groups excluding carboxylic acids is 1. The van der Waals surface area contributed by atoms with Crippen LogP contribution >= 0.6 is 0 Å². The Bertz CT molecular complexity index is 1200. The van der Waals surface area contributed by atoms with Crippen LogP contribution in [0.5, 0.6) is 0 Å². The molecule has 3 aromatic carbocycles. The van der Waals surface area contributed by atoms with Gasteiger partial charge in [-0.2, -0.15) is 0 Å². The zero-order valence-electron chi connectivity index (χ0n) is 18.3. The monoisotopic (exact) mass is 473 g/mol. The highest BCUT2D eigenvalue weighted by Gasteiger charge is 2.19. The van der Waals surface area contributed by atoms with Crippen LogP contribution in [0, 0.1) is 11.6 Å². The molecule has 3 rings (SSSR count). The molecule has 33 heavy (non-hydrogen) atoms. The number of hydrogen-bond donors (Lipinski definition) is 1. The van der Waals surface area contributed by atoms with Crippen LogP contribution in [-0.4, -0.2) is 51.3 Å². The quantitative estimate of drug-likeness (QED) is 0.511. The minimum atomic E-state index is -3.75. The van der Waals surface area contributed by atoms with E-state index in [-0.39, 0.29) is 22.9 Å². The normalized spacial score (nSPS) is 11.4. The second-order valence-corrected chi connectivity index (χ2v) is 9.44. The topological polar surface area (TPSA) is 69.7 Å². The van der Waals surface area contributed by atoms with Crippen molar-refractivity contribution in [3.05, 3.63) is 95.6 Å². The fourth-order valence-electron chi connectivity index (χ4n) is 3.11. The van der Waals surface area contributed by atoms with Gasteiger partial charge in [0.1, 0.15) is 11.6 Å². The fraction of sp³-hybridized carbons (Fsp3) is 0.208. The maximum Gasteiger partial charge on any atom is 0.261 e. The van der Waals surface area contributed by atoms with Crippen molar-refractivity contribution < 1.29 is 22.0 Å². The lowest BCUT2D eigenvalue weighted by Crippen LogP contribution is -2.36. The Hall–Kier alpha value is -3.30. The van der Waals surface area contributed by atoms with Gasteiger partial charge in [-0.3, -0.25) is 9.52 Å². The number of halogens is 2. The lowest BCUT2D eigenvalue weighted by Gasteiger charge is -2.25. The molecule has 0 aliphatic heterocycles. The number of amides is 1. The molecule has 0 spiro atoms. The van der Waals surface area contributed by atoms with Crippen LogP contribution in [-0.2, 0) is 16.6 Å². The summed E-state index contributed by atoms with van der Waals surface area (Å²) in [7, 11) is -0.0412. The molecule has 0 aliphatic carbocycles. The van der Waals surface area contributed by atoms with Crippen LogP contribution in [0.2, 0.25) is 0 Å². The van der Waals surface area contributed by atoms with Gasteiger partial charge in [0, 0.05) is 42.5 Å². The maximum absolute atomic E-state index is 14.2. The van der Waals surface area contributed by atoms with Crippen LogP contribution in [0.3, 0.4) is 0 Å². The summed E-state index contributed by atoms with van der Waals surface area (Å²) in [5.74, 6) is -1.75. The van der Waals surface area contributed by atoms with E-state index in [1.807, 2.05) is 19.0 Å². The van der Waals surface area contributed by atoms with Gasteiger partial charge < -0.3 is 9.80 Å². The number of likely N-dealkylation sites (N-methyl/N-ethyl adjacent to an activating group) is 1. The summed E-state index contributed by atoms with van der Waals surface area (Å²) in [5, 5.41) is 0. The number of rotatable bonds is 9. The van der Waals surface area contributed by atoms with Gasteiger partial charge in [-0.15, -0.1) is 0 Å². The van der Waals surface area contributed by atoms with Crippen molar-refractivity contribution in [1.29, 1.82) is 0 Å². The summed E-state index contributed by atoms with van der Waals surface area (Å²) in [6.45, 7) is 0.843. The highest BCUT2D eigenvalue weighted by molar-refractivity contribution is 7.92. The molecular formula is C24H25F2N3O3S. The third kappa shape index (κ3) is 6.59. The van der Waals surface area contributed by atoms with Gasteiger partial charge >= 0.3 is 0 Å². The number of benzene rings is 3. The number of nitrogens with zero attached hydrogens (tertiary/aromatic N) is 2. The summed E-state index contributed by atoms with van der Waals surface area (Å²) < 4.78 is 54.9. The Labute approximate surface area is 192 Å². The van der Waals surface area contributed by atoms with Crippen molar-refractivity contribution in [2.24, 2.45) is 0 Å². The Morgan fingerprint density at radius 3 is 2.18 bits per heavy atom. The molecule has 174 valence electrons. The van der Waals surface area contributed by atoms with Crippen molar-refractivity contribution in [3.8, 4) is 0 Å². The molecule has 0 fully saturated rings. The fourth-order valence-corrected chi connectivity index (χ4v) is 4.19. The molecule has 0 bridgehead atoms. The smallest absolute Gasteiger partial charge is 0.261 e. The molecule has 0 saturated heterocycles. The van der Waals surface area contributed by atoms with Crippen LogP contribution in [0.25, 0.3) is 0 Å². The molecule has 0 unspecified atom stereocenters. The van der Waals surface area contributed by atoms with Gasteiger partial charge in [0.2, 0.25) is 0 Å². The largest absolute Gasteiger partial charge is 0.333 e. The number of anilines is 1. The number of carbonyl (C=O) groups is 1. The highest BCUT2D eigenvalue weighted by Crippen LogP contribution is 2.19. The highest BCUT2D eigenvalue weighted by atomic mass is 32.2. The van der Waals surface area contributed by atoms with Crippen LogP contribution < -0.4 is 4.72 Å². The van der Waals surface area contributed by atoms with E-state index in [4.69, 9.17) is 0 Å². The SMILES string of the molecule is CN(C)CCN(Cc1ccc(F)cc1F)C(=O)c1ccc(NS(=O)(=O)c2ccccc2)cc1. The van der Waals surface area contributed by atoms with E-state index < -0.39 is 21.7 Å². The van der Waals surface area contributed by atoms with Crippen molar-refractivity contribution in [1.82, 2.24) is 9.80 Å². The summed E-state index contributed by atoms with van der Waals surface area (Å²) in [5.41, 5.74) is 0.828. The second kappa shape index (κ2) is 10.5. The molecule has 0 heterocycles. The van der Waals surface area contributed by atoms with Gasteiger partial charge in [-0.1, -0.05) is 24.3 Å². The van der Waals surface area contributed by atoms with Crippen molar-refractivity contribution in [2.75, 3.05) is 31.9 Å². The summed E-state index contributed by atoms with van der Waals surface area (Å²) >= 11 is 0. The van der Waals surface area contributed by atoms with E-state index in [0.717, 1.165) is 12.1 Å². The Kier molecular flexibility index (Phi) is 7.78. The minimum absolute atomic E-state index is 0.0266. The van der Waals surface area contributed by atoms with Crippen LogP contribution in [0.4, 0.5) is 14.5 Å². The predicted molar refractivity (Wildman–Crippen MR) is 123 cm³/mol. The molecule has 0 atom stereocenters. The number of nitrogens with one attached hydrogen (secondary N) is 1. The first kappa shape index (κ1) is 24.3. The predicted octanol–water partition coefficient (Wildman–Crippen LogP) is 3.97. The number of hydrogen-bond acceptors (Lipinski definition) is 4. The van der Waals surface area contributed by atoms with E-state index in [2.05, 4.69) is 4.72 Å². The van der Waals surface area contributed by atoms with Gasteiger partial charge in [0.25, 0.3) is 15.9 Å². The Morgan fingerprint density at radius 2 is 1.58 bits per heavy atom. The molecule has 0 aromatic heterocycles. The molecule has 0 saturated carbocycles. The minimum Gasteiger partial charge on any atom is -0.333 e. The van der Waals surface area contributed by atoms with E-state index in [1.54, 1.807) is 18.2 Å². The summed E-state index contributed by atoms with van der Waals surface area (Å²) in [6, 6.07) is 17.2. The lowest BCUT2D eigenvalue weighted by molar-refractivity contribution is 0.0730. The first-order valence-corrected chi connectivity index (χ1v) is 11.7. The van der Waals surface area contributed by atoms with Gasteiger partial charge in [-0.05, 0) is 56.6 Å².